The fraction of sp³-hybridized carbons (Fsp3) is 0.538. The van der Waals surface area contributed by atoms with Crippen LogP contribution in [0.25, 0.3) is 5.95 Å². The highest BCUT2D eigenvalue weighted by atomic mass is 15.4. The molecule has 1 fully saturated rings. The highest BCUT2D eigenvalue weighted by Crippen LogP contribution is 2.30. The van der Waals surface area contributed by atoms with Crippen molar-refractivity contribution in [1.29, 1.82) is 5.26 Å². The summed E-state index contributed by atoms with van der Waals surface area (Å²) in [6.45, 7) is 0. The molecule has 9 heteroatoms. The number of nitrogens with zero attached hydrogens (tertiary/aromatic N) is 7. The second kappa shape index (κ2) is 5.93. The predicted molar refractivity (Wildman–Crippen MR) is 79.3 cm³/mol. The van der Waals surface area contributed by atoms with Crippen LogP contribution in [0.2, 0.25) is 0 Å². The molecular weight excluding hydrogens is 282 g/mol. The number of nitriles is 1. The molecule has 1 aliphatic carbocycles. The number of hydrogen-bond acceptors (Lipinski definition) is 8. The topological polar surface area (TPSA) is 117 Å². The smallest absolute Gasteiger partial charge is 0.258 e. The van der Waals surface area contributed by atoms with Crippen molar-refractivity contribution in [1.82, 2.24) is 29.7 Å². The fourth-order valence-electron chi connectivity index (χ4n) is 2.58. The van der Waals surface area contributed by atoms with E-state index in [1.807, 2.05) is 0 Å². The maximum atomic E-state index is 9.56. The molecule has 22 heavy (non-hydrogen) atoms. The number of anilines is 2. The average Bonchev–Trinajstić information content (AvgIpc) is 3.10. The summed E-state index contributed by atoms with van der Waals surface area (Å²) >= 11 is 0. The summed E-state index contributed by atoms with van der Waals surface area (Å²) in [5.41, 5.74) is -0.607. The largest absolute Gasteiger partial charge is 0.357 e. The Morgan fingerprint density at radius 2 is 1.95 bits per heavy atom. The van der Waals surface area contributed by atoms with Gasteiger partial charge in [-0.1, -0.05) is 19.3 Å². The van der Waals surface area contributed by atoms with Gasteiger partial charge in [-0.15, -0.1) is 0 Å². The first kappa shape index (κ1) is 14.2. The molecule has 1 saturated carbocycles. The molecule has 0 saturated heterocycles. The van der Waals surface area contributed by atoms with E-state index in [1.165, 1.54) is 17.3 Å². The summed E-state index contributed by atoms with van der Waals surface area (Å²) in [5.74, 6) is 1.13. The highest BCUT2D eigenvalue weighted by molar-refractivity contribution is 5.41. The van der Waals surface area contributed by atoms with Gasteiger partial charge in [0.1, 0.15) is 18.2 Å². The first-order valence-electron chi connectivity index (χ1n) is 7.23. The van der Waals surface area contributed by atoms with Crippen LogP contribution < -0.4 is 10.6 Å². The Hall–Kier alpha value is -2.76. The Morgan fingerprint density at radius 1 is 1.18 bits per heavy atom. The molecule has 2 aromatic heterocycles. The third kappa shape index (κ3) is 2.81. The van der Waals surface area contributed by atoms with Crippen LogP contribution in [0.15, 0.2) is 12.7 Å². The molecule has 0 radical (unpaired) electrons. The molecule has 0 bridgehead atoms. The van der Waals surface area contributed by atoms with E-state index in [2.05, 4.69) is 41.7 Å². The van der Waals surface area contributed by atoms with E-state index in [4.69, 9.17) is 0 Å². The normalized spacial score (nSPS) is 16.7. The minimum atomic E-state index is -0.607. The average molecular weight is 299 g/mol. The number of nitrogens with one attached hydrogen (secondary N) is 2. The molecule has 1 aliphatic rings. The third-order valence-corrected chi connectivity index (χ3v) is 3.74. The van der Waals surface area contributed by atoms with Gasteiger partial charge in [-0.05, 0) is 12.8 Å². The van der Waals surface area contributed by atoms with Crippen molar-refractivity contribution in [2.24, 2.45) is 0 Å². The van der Waals surface area contributed by atoms with Crippen LogP contribution in [0.3, 0.4) is 0 Å². The van der Waals surface area contributed by atoms with E-state index in [9.17, 15) is 5.26 Å². The SMILES string of the molecule is CNc1nc(NC2(C#N)CCCCC2)nc(-n2cncn2)n1. The summed E-state index contributed by atoms with van der Waals surface area (Å²) in [4.78, 5) is 16.8. The Morgan fingerprint density at radius 3 is 2.59 bits per heavy atom. The number of aromatic nitrogens is 6. The second-order valence-corrected chi connectivity index (χ2v) is 5.25. The first-order chi connectivity index (χ1) is 10.7. The number of rotatable bonds is 4. The lowest BCUT2D eigenvalue weighted by atomic mass is 9.83. The van der Waals surface area contributed by atoms with Gasteiger partial charge in [-0.2, -0.15) is 30.0 Å². The molecule has 2 aromatic rings. The van der Waals surface area contributed by atoms with Crippen LogP contribution in [-0.2, 0) is 0 Å². The van der Waals surface area contributed by atoms with Gasteiger partial charge in [0, 0.05) is 7.05 Å². The van der Waals surface area contributed by atoms with Gasteiger partial charge in [0.2, 0.25) is 11.9 Å². The summed E-state index contributed by atoms with van der Waals surface area (Å²) in [6, 6.07) is 2.39. The Bertz CT molecular complexity index is 667. The fourth-order valence-corrected chi connectivity index (χ4v) is 2.58. The van der Waals surface area contributed by atoms with Gasteiger partial charge in [0.05, 0.1) is 6.07 Å². The van der Waals surface area contributed by atoms with Crippen LogP contribution in [-0.4, -0.2) is 42.3 Å². The van der Waals surface area contributed by atoms with Gasteiger partial charge >= 0.3 is 0 Å². The maximum absolute atomic E-state index is 9.56. The summed E-state index contributed by atoms with van der Waals surface area (Å²) < 4.78 is 1.45. The minimum Gasteiger partial charge on any atom is -0.357 e. The lowest BCUT2D eigenvalue weighted by Crippen LogP contribution is -2.39. The predicted octanol–water partition coefficient (Wildman–Crippen LogP) is 1.13. The van der Waals surface area contributed by atoms with E-state index >= 15 is 0 Å². The van der Waals surface area contributed by atoms with Gasteiger partial charge in [0.25, 0.3) is 5.95 Å². The van der Waals surface area contributed by atoms with Crippen molar-refractivity contribution in [3.63, 3.8) is 0 Å². The van der Waals surface area contributed by atoms with Gasteiger partial charge in [0.15, 0.2) is 0 Å². The molecule has 2 N–H and O–H groups in total. The molecule has 0 spiro atoms. The Kier molecular flexibility index (Phi) is 3.82. The van der Waals surface area contributed by atoms with Gasteiger partial charge < -0.3 is 10.6 Å². The molecule has 2 heterocycles. The highest BCUT2D eigenvalue weighted by Gasteiger charge is 2.33. The van der Waals surface area contributed by atoms with Crippen molar-refractivity contribution in [2.75, 3.05) is 17.7 Å². The standard InChI is InChI=1S/C13H17N9/c1-15-10-18-11(20-12(19-10)22-9-16-8-17-22)21-13(7-14)5-3-2-4-6-13/h8-9H,2-6H2,1H3,(H2,15,18,19,20,21). The quantitative estimate of drug-likeness (QED) is 0.862. The summed E-state index contributed by atoms with van der Waals surface area (Å²) in [5, 5.41) is 19.7. The monoisotopic (exact) mass is 299 g/mol. The molecule has 114 valence electrons. The van der Waals surface area contributed by atoms with Crippen LogP contribution >= 0.6 is 0 Å². The molecule has 3 rings (SSSR count). The maximum Gasteiger partial charge on any atom is 0.258 e. The van der Waals surface area contributed by atoms with Crippen LogP contribution in [0.1, 0.15) is 32.1 Å². The van der Waals surface area contributed by atoms with Crippen molar-refractivity contribution in [2.45, 2.75) is 37.6 Å². The molecule has 0 amide bonds. The van der Waals surface area contributed by atoms with E-state index in [1.54, 1.807) is 7.05 Å². The minimum absolute atomic E-state index is 0.350. The van der Waals surface area contributed by atoms with E-state index in [-0.39, 0.29) is 0 Å². The second-order valence-electron chi connectivity index (χ2n) is 5.25. The number of hydrogen-bond donors (Lipinski definition) is 2. The summed E-state index contributed by atoms with van der Waals surface area (Å²) in [6.07, 6.45) is 7.73. The molecule has 0 aliphatic heterocycles. The lowest BCUT2D eigenvalue weighted by molar-refractivity contribution is 0.390. The molecule has 9 nitrogen and oxygen atoms in total. The van der Waals surface area contributed by atoms with Crippen LogP contribution in [0.4, 0.5) is 11.9 Å². The third-order valence-electron chi connectivity index (χ3n) is 3.74. The first-order valence-corrected chi connectivity index (χ1v) is 7.23. The molecule has 0 aromatic carbocycles. The van der Waals surface area contributed by atoms with Gasteiger partial charge in [-0.25, -0.2) is 4.98 Å². The van der Waals surface area contributed by atoms with E-state index in [0.717, 1.165) is 32.1 Å². The zero-order chi connectivity index (χ0) is 15.4. The van der Waals surface area contributed by atoms with Crippen LogP contribution in [0.5, 0.6) is 0 Å². The van der Waals surface area contributed by atoms with Crippen molar-refractivity contribution >= 4 is 11.9 Å². The zero-order valence-electron chi connectivity index (χ0n) is 12.3. The van der Waals surface area contributed by atoms with Crippen LogP contribution in [0, 0.1) is 11.3 Å². The van der Waals surface area contributed by atoms with Crippen molar-refractivity contribution in [3.8, 4) is 12.0 Å². The lowest BCUT2D eigenvalue weighted by Gasteiger charge is -2.31. The Labute approximate surface area is 127 Å². The van der Waals surface area contributed by atoms with Crippen molar-refractivity contribution < 1.29 is 0 Å². The van der Waals surface area contributed by atoms with E-state index in [0.29, 0.717) is 17.8 Å². The van der Waals surface area contributed by atoms with Crippen molar-refractivity contribution in [3.05, 3.63) is 12.7 Å². The van der Waals surface area contributed by atoms with Gasteiger partial charge in [-0.3, -0.25) is 0 Å². The Balaban J connectivity index is 1.93. The zero-order valence-corrected chi connectivity index (χ0v) is 12.3. The summed E-state index contributed by atoms with van der Waals surface area (Å²) in [7, 11) is 1.73. The van der Waals surface area contributed by atoms with E-state index < -0.39 is 5.54 Å². The molecule has 0 unspecified atom stereocenters. The molecule has 0 atom stereocenters. The molecular formula is C13H17N9.